The Hall–Kier alpha value is -1.47. The molecule has 0 heterocycles. The molecule has 0 unspecified atom stereocenters. The number of carboxylic acids is 1. The molecule has 0 rings (SSSR count). The molecule has 0 aliphatic rings. The smallest absolute Gasteiger partial charge is 0.374 e. The lowest BCUT2D eigenvalue weighted by Crippen LogP contribution is -2.36. The zero-order valence-corrected chi connectivity index (χ0v) is 7.34. The Balaban J connectivity index is 4.19. The minimum Gasteiger partial charge on any atom is -0.479 e. The summed E-state index contributed by atoms with van der Waals surface area (Å²) in [6, 6.07) is 0. The lowest BCUT2D eigenvalue weighted by atomic mass is 10.1. The third-order valence-corrected chi connectivity index (χ3v) is 1.43. The van der Waals surface area contributed by atoms with Crippen LogP contribution in [0.2, 0.25) is 0 Å². The molecule has 2 atom stereocenters. The molecule has 0 spiro atoms. The lowest BCUT2D eigenvalue weighted by molar-refractivity contribution is -0.157. The van der Waals surface area contributed by atoms with Gasteiger partial charge in [-0.2, -0.15) is 0 Å². The molecule has 0 aliphatic carbocycles. The van der Waals surface area contributed by atoms with E-state index < -0.39 is 36.4 Å². The van der Waals surface area contributed by atoms with Crippen molar-refractivity contribution in [2.45, 2.75) is 18.6 Å². The molecular formula is C7H10O7. The zero-order chi connectivity index (χ0) is 11.3. The molecule has 80 valence electrons. The molecule has 0 amide bonds. The Morgan fingerprint density at radius 1 is 1.29 bits per heavy atom. The standard InChI is InChI=1S/C7H10O7/c1-14-7(13)4(9)2-3(8)5(10)6(11)12/h3,5,8,10H,2H2,1H3,(H,11,12)/t3-,5+/m0/s1. The topological polar surface area (TPSA) is 121 Å². The maximum absolute atomic E-state index is 10.8. The average Bonchev–Trinajstić information content (AvgIpc) is 2.14. The Morgan fingerprint density at radius 3 is 2.14 bits per heavy atom. The fourth-order valence-corrected chi connectivity index (χ4v) is 0.663. The summed E-state index contributed by atoms with van der Waals surface area (Å²) in [5.41, 5.74) is 0. The van der Waals surface area contributed by atoms with Gasteiger partial charge in [0.05, 0.1) is 13.2 Å². The first-order valence-electron chi connectivity index (χ1n) is 3.60. The van der Waals surface area contributed by atoms with E-state index in [9.17, 15) is 14.4 Å². The number of ether oxygens (including phenoxy) is 1. The van der Waals surface area contributed by atoms with Gasteiger partial charge in [0.25, 0.3) is 0 Å². The summed E-state index contributed by atoms with van der Waals surface area (Å²) < 4.78 is 4.02. The summed E-state index contributed by atoms with van der Waals surface area (Å²) in [6.07, 6.45) is -4.71. The average molecular weight is 206 g/mol. The Morgan fingerprint density at radius 2 is 1.79 bits per heavy atom. The van der Waals surface area contributed by atoms with Gasteiger partial charge in [-0.15, -0.1) is 0 Å². The van der Waals surface area contributed by atoms with Crippen molar-refractivity contribution in [2.75, 3.05) is 7.11 Å². The van der Waals surface area contributed by atoms with E-state index in [2.05, 4.69) is 4.74 Å². The number of aliphatic carboxylic acids is 1. The molecule has 7 nitrogen and oxygen atoms in total. The molecule has 0 aliphatic heterocycles. The van der Waals surface area contributed by atoms with Crippen molar-refractivity contribution in [2.24, 2.45) is 0 Å². The normalized spacial score (nSPS) is 14.2. The molecule has 0 aromatic heterocycles. The van der Waals surface area contributed by atoms with Crippen LogP contribution in [0.3, 0.4) is 0 Å². The van der Waals surface area contributed by atoms with Gasteiger partial charge in [-0.25, -0.2) is 9.59 Å². The summed E-state index contributed by atoms with van der Waals surface area (Å²) >= 11 is 0. The van der Waals surface area contributed by atoms with Gasteiger partial charge < -0.3 is 20.1 Å². The Labute approximate surface area is 78.9 Å². The number of Topliss-reactive ketones (excluding diaryl/α,β-unsaturated/α-hetero) is 1. The maximum Gasteiger partial charge on any atom is 0.374 e. The zero-order valence-electron chi connectivity index (χ0n) is 7.34. The number of carbonyl (C=O) groups is 3. The highest BCUT2D eigenvalue weighted by molar-refractivity contribution is 6.33. The number of carbonyl (C=O) groups excluding carboxylic acids is 2. The molecule has 0 bridgehead atoms. The first kappa shape index (κ1) is 12.5. The second-order valence-corrected chi connectivity index (χ2v) is 2.47. The van der Waals surface area contributed by atoms with Crippen LogP contribution < -0.4 is 0 Å². The SMILES string of the molecule is COC(=O)C(=O)C[C@H](O)[C@@H](O)C(=O)O. The van der Waals surface area contributed by atoms with Crippen LogP contribution in [0.4, 0.5) is 0 Å². The summed E-state index contributed by atoms with van der Waals surface area (Å²) in [5, 5.41) is 25.9. The largest absolute Gasteiger partial charge is 0.479 e. The molecule has 0 saturated heterocycles. The van der Waals surface area contributed by atoms with Gasteiger partial charge in [-0.1, -0.05) is 0 Å². The van der Waals surface area contributed by atoms with Crippen LogP contribution in [0, 0.1) is 0 Å². The Kier molecular flexibility index (Phi) is 4.74. The van der Waals surface area contributed by atoms with Gasteiger partial charge in [0, 0.05) is 6.42 Å². The third kappa shape index (κ3) is 3.50. The molecule has 3 N–H and O–H groups in total. The number of esters is 1. The minimum absolute atomic E-state index is 0.792. The van der Waals surface area contributed by atoms with Crippen molar-refractivity contribution in [3.05, 3.63) is 0 Å². The molecular weight excluding hydrogens is 196 g/mol. The Bertz CT molecular complexity index is 246. The van der Waals surface area contributed by atoms with Crippen molar-refractivity contribution in [3.8, 4) is 0 Å². The fraction of sp³-hybridized carbons (Fsp3) is 0.571. The van der Waals surface area contributed by atoms with E-state index in [4.69, 9.17) is 15.3 Å². The minimum atomic E-state index is -2.09. The molecule has 0 aromatic carbocycles. The number of rotatable bonds is 5. The van der Waals surface area contributed by atoms with Crippen molar-refractivity contribution < 1.29 is 34.4 Å². The van der Waals surface area contributed by atoms with Crippen molar-refractivity contribution in [3.63, 3.8) is 0 Å². The quantitative estimate of drug-likeness (QED) is 0.348. The number of ketones is 1. The summed E-state index contributed by atoms with van der Waals surface area (Å²) in [5.74, 6) is -3.96. The van der Waals surface area contributed by atoms with Gasteiger partial charge in [0.1, 0.15) is 0 Å². The molecule has 14 heavy (non-hydrogen) atoms. The third-order valence-electron chi connectivity index (χ3n) is 1.43. The number of hydrogen-bond acceptors (Lipinski definition) is 6. The number of aliphatic hydroxyl groups excluding tert-OH is 2. The van der Waals surface area contributed by atoms with Crippen LogP contribution in [-0.4, -0.2) is 52.4 Å². The molecule has 0 aromatic rings. The first-order chi connectivity index (χ1) is 6.40. The molecule has 0 saturated carbocycles. The van der Waals surface area contributed by atoms with Gasteiger partial charge in [0.15, 0.2) is 6.10 Å². The van der Waals surface area contributed by atoms with Crippen LogP contribution in [0.25, 0.3) is 0 Å². The molecule has 0 radical (unpaired) electrons. The van der Waals surface area contributed by atoms with E-state index in [0.717, 1.165) is 7.11 Å². The second kappa shape index (κ2) is 5.30. The summed E-state index contributed by atoms with van der Waals surface area (Å²) in [4.78, 5) is 31.4. The number of hydrogen-bond donors (Lipinski definition) is 3. The second-order valence-electron chi connectivity index (χ2n) is 2.47. The van der Waals surface area contributed by atoms with Gasteiger partial charge in [0.2, 0.25) is 5.78 Å². The van der Waals surface area contributed by atoms with Crippen LogP contribution in [0.15, 0.2) is 0 Å². The fourth-order valence-electron chi connectivity index (χ4n) is 0.663. The maximum atomic E-state index is 10.8. The van der Waals surface area contributed by atoms with Gasteiger partial charge >= 0.3 is 11.9 Å². The molecule has 7 heteroatoms. The van der Waals surface area contributed by atoms with E-state index in [0.29, 0.717) is 0 Å². The summed E-state index contributed by atoms with van der Waals surface area (Å²) in [7, 11) is 0.972. The van der Waals surface area contributed by atoms with Gasteiger partial charge in [-0.05, 0) is 0 Å². The van der Waals surface area contributed by atoms with Gasteiger partial charge in [-0.3, -0.25) is 4.79 Å². The highest BCUT2D eigenvalue weighted by Crippen LogP contribution is 2.01. The van der Waals surface area contributed by atoms with E-state index in [1.165, 1.54) is 0 Å². The monoisotopic (exact) mass is 206 g/mol. The lowest BCUT2D eigenvalue weighted by Gasteiger charge is -2.11. The highest BCUT2D eigenvalue weighted by Gasteiger charge is 2.28. The van der Waals surface area contributed by atoms with E-state index in [1.54, 1.807) is 0 Å². The number of methoxy groups -OCH3 is 1. The summed E-state index contributed by atoms with van der Waals surface area (Å²) in [6.45, 7) is 0. The predicted molar refractivity (Wildman–Crippen MR) is 41.3 cm³/mol. The van der Waals surface area contributed by atoms with Crippen molar-refractivity contribution in [1.29, 1.82) is 0 Å². The molecule has 0 fully saturated rings. The first-order valence-corrected chi connectivity index (χ1v) is 3.60. The number of aliphatic hydroxyl groups is 2. The predicted octanol–water partition coefficient (Wildman–Crippen LogP) is -2.07. The highest BCUT2D eigenvalue weighted by atomic mass is 16.5. The van der Waals surface area contributed by atoms with Crippen LogP contribution >= 0.6 is 0 Å². The van der Waals surface area contributed by atoms with E-state index >= 15 is 0 Å². The number of carboxylic acid groups (broad SMARTS) is 1. The van der Waals surface area contributed by atoms with E-state index in [1.807, 2.05) is 0 Å². The van der Waals surface area contributed by atoms with Crippen LogP contribution in [-0.2, 0) is 19.1 Å². The van der Waals surface area contributed by atoms with Crippen LogP contribution in [0.5, 0.6) is 0 Å². The van der Waals surface area contributed by atoms with Crippen molar-refractivity contribution in [1.82, 2.24) is 0 Å². The van der Waals surface area contributed by atoms with Crippen LogP contribution in [0.1, 0.15) is 6.42 Å². The van der Waals surface area contributed by atoms with E-state index in [-0.39, 0.29) is 0 Å². The van der Waals surface area contributed by atoms with Crippen molar-refractivity contribution >= 4 is 17.7 Å².